The summed E-state index contributed by atoms with van der Waals surface area (Å²) in [6.07, 6.45) is 2.02. The van der Waals surface area contributed by atoms with Crippen LogP contribution >= 0.6 is 51.5 Å². The molecule has 1 aromatic heterocycles. The molecular weight excluding hydrogens is 376 g/mol. The molecule has 20 heavy (non-hydrogen) atoms. The Hall–Kier alpha value is -0.360. The van der Waals surface area contributed by atoms with Crippen molar-refractivity contribution in [3.8, 4) is 0 Å². The van der Waals surface area contributed by atoms with Crippen LogP contribution in [0, 0.1) is 4.64 Å². The second-order valence-electron chi connectivity index (χ2n) is 4.28. The van der Waals surface area contributed by atoms with Crippen molar-refractivity contribution in [3.63, 3.8) is 0 Å². The number of halogens is 2. The number of benzene rings is 1. The van der Waals surface area contributed by atoms with Gasteiger partial charge in [-0.1, -0.05) is 43.2 Å². The first-order valence-electron chi connectivity index (χ1n) is 6.26. The number of aryl methyl sites for hydroxylation is 1. The van der Waals surface area contributed by atoms with E-state index in [4.69, 9.17) is 23.8 Å². The molecule has 0 saturated heterocycles. The highest BCUT2D eigenvalue weighted by Gasteiger charge is 2.06. The fourth-order valence-corrected chi connectivity index (χ4v) is 3.46. The van der Waals surface area contributed by atoms with E-state index in [2.05, 4.69) is 32.8 Å². The lowest BCUT2D eigenvalue weighted by Crippen LogP contribution is -2.00. The molecule has 1 heterocycles. The number of thioether (sulfide) groups is 1. The highest BCUT2D eigenvalue weighted by molar-refractivity contribution is 9.10. The summed E-state index contributed by atoms with van der Waals surface area (Å²) in [5, 5.41) is 0.748. The first-order chi connectivity index (χ1) is 9.60. The molecular formula is C14H14BrClN2S2. The minimum atomic E-state index is 0.619. The molecule has 0 saturated carbocycles. The van der Waals surface area contributed by atoms with Crippen LogP contribution in [0.25, 0.3) is 0 Å². The first kappa shape index (κ1) is 16.0. The molecule has 0 amide bonds. The summed E-state index contributed by atoms with van der Waals surface area (Å²) in [7, 11) is 0. The van der Waals surface area contributed by atoms with Crippen LogP contribution in [0.4, 0.5) is 0 Å². The normalized spacial score (nSPS) is 10.8. The maximum atomic E-state index is 5.98. The standard InChI is InChI=1S/C14H14BrClN2S2/c1-2-4-11-13(15)14(19)18-12(17-11)8-20-10-6-3-5-9(16)7-10/h3,5-7H,2,4,8H2,1H3,(H,17,18,19). The molecule has 0 bridgehead atoms. The first-order valence-corrected chi connectivity index (χ1v) is 8.82. The maximum Gasteiger partial charge on any atom is 0.144 e. The van der Waals surface area contributed by atoms with Crippen LogP contribution in [-0.4, -0.2) is 9.97 Å². The Balaban J connectivity index is 2.15. The highest BCUT2D eigenvalue weighted by Crippen LogP contribution is 2.25. The van der Waals surface area contributed by atoms with Crippen LogP contribution < -0.4 is 0 Å². The predicted octanol–water partition coefficient (Wildman–Crippen LogP) is 5.80. The summed E-state index contributed by atoms with van der Waals surface area (Å²) >= 11 is 16.5. The van der Waals surface area contributed by atoms with Crippen LogP contribution in [0.2, 0.25) is 5.02 Å². The summed E-state index contributed by atoms with van der Waals surface area (Å²) in [4.78, 5) is 8.90. The van der Waals surface area contributed by atoms with Crippen molar-refractivity contribution in [3.05, 3.63) is 49.9 Å². The Morgan fingerprint density at radius 3 is 2.95 bits per heavy atom. The molecule has 0 aliphatic heterocycles. The number of H-pyrrole nitrogens is 1. The molecule has 106 valence electrons. The molecule has 2 aromatic rings. The Labute approximate surface area is 141 Å². The zero-order chi connectivity index (χ0) is 14.5. The van der Waals surface area contributed by atoms with Crippen molar-refractivity contribution in [2.24, 2.45) is 0 Å². The van der Waals surface area contributed by atoms with Gasteiger partial charge in [-0.15, -0.1) is 11.8 Å². The molecule has 0 fully saturated rings. The second kappa shape index (κ2) is 7.59. The minimum Gasteiger partial charge on any atom is -0.345 e. The Morgan fingerprint density at radius 1 is 1.45 bits per heavy atom. The highest BCUT2D eigenvalue weighted by atomic mass is 79.9. The fraction of sp³-hybridized carbons (Fsp3) is 0.286. The Kier molecular flexibility index (Phi) is 6.08. The zero-order valence-corrected chi connectivity index (χ0v) is 14.9. The van der Waals surface area contributed by atoms with Gasteiger partial charge in [0.2, 0.25) is 0 Å². The van der Waals surface area contributed by atoms with Gasteiger partial charge >= 0.3 is 0 Å². The van der Waals surface area contributed by atoms with Crippen LogP contribution in [0.15, 0.2) is 33.6 Å². The predicted molar refractivity (Wildman–Crippen MR) is 92.1 cm³/mol. The summed E-state index contributed by atoms with van der Waals surface area (Å²) in [5.41, 5.74) is 1.12. The van der Waals surface area contributed by atoms with Crippen molar-refractivity contribution in [2.75, 3.05) is 0 Å². The smallest absolute Gasteiger partial charge is 0.144 e. The van der Waals surface area contributed by atoms with Crippen LogP contribution in [-0.2, 0) is 12.2 Å². The number of rotatable bonds is 5. The Bertz CT molecular complexity index is 658. The van der Waals surface area contributed by atoms with E-state index in [1.165, 1.54) is 0 Å². The van der Waals surface area contributed by atoms with Gasteiger partial charge in [0.05, 0.1) is 10.2 Å². The van der Waals surface area contributed by atoms with Gasteiger partial charge in [0.15, 0.2) is 0 Å². The quantitative estimate of drug-likeness (QED) is 0.517. The summed E-state index contributed by atoms with van der Waals surface area (Å²) in [5.74, 6) is 1.64. The molecule has 0 spiro atoms. The number of nitrogens with zero attached hydrogens (tertiary/aromatic N) is 1. The van der Waals surface area contributed by atoms with Gasteiger partial charge in [-0.05, 0) is 40.5 Å². The molecule has 0 atom stereocenters. The monoisotopic (exact) mass is 388 g/mol. The SMILES string of the molecule is CCCc1[nH]c(CSc2cccc(Cl)c2)nc(=S)c1Br. The van der Waals surface area contributed by atoms with Crippen molar-refractivity contribution in [1.82, 2.24) is 9.97 Å². The number of nitrogens with one attached hydrogen (secondary N) is 1. The summed E-state index contributed by atoms with van der Waals surface area (Å²) < 4.78 is 1.53. The van der Waals surface area contributed by atoms with Gasteiger partial charge in [-0.2, -0.15) is 0 Å². The third-order valence-electron chi connectivity index (χ3n) is 2.66. The molecule has 2 rings (SSSR count). The zero-order valence-electron chi connectivity index (χ0n) is 11.0. The lowest BCUT2D eigenvalue weighted by molar-refractivity contribution is 0.842. The van der Waals surface area contributed by atoms with Crippen LogP contribution in [0.3, 0.4) is 0 Å². The molecule has 0 aliphatic rings. The Morgan fingerprint density at radius 2 is 2.25 bits per heavy atom. The largest absolute Gasteiger partial charge is 0.345 e. The third kappa shape index (κ3) is 4.32. The van der Waals surface area contributed by atoms with Gasteiger partial charge in [0, 0.05) is 15.6 Å². The third-order valence-corrected chi connectivity index (χ3v) is 5.31. The van der Waals surface area contributed by atoms with Crippen LogP contribution in [0.1, 0.15) is 24.9 Å². The van der Waals surface area contributed by atoms with Gasteiger partial charge in [-0.3, -0.25) is 0 Å². The van der Waals surface area contributed by atoms with E-state index < -0.39 is 0 Å². The molecule has 6 heteroatoms. The van der Waals surface area contributed by atoms with Crippen molar-refractivity contribution in [1.29, 1.82) is 0 Å². The average molecular weight is 390 g/mol. The molecule has 2 nitrogen and oxygen atoms in total. The minimum absolute atomic E-state index is 0.619. The van der Waals surface area contributed by atoms with E-state index >= 15 is 0 Å². The van der Waals surface area contributed by atoms with Crippen LogP contribution in [0.5, 0.6) is 0 Å². The number of aromatic amines is 1. The van der Waals surface area contributed by atoms with E-state index in [0.717, 1.165) is 44.5 Å². The van der Waals surface area contributed by atoms with E-state index in [9.17, 15) is 0 Å². The lowest BCUT2D eigenvalue weighted by atomic mass is 10.2. The van der Waals surface area contributed by atoms with E-state index in [1.54, 1.807) is 11.8 Å². The van der Waals surface area contributed by atoms with Gasteiger partial charge in [0.1, 0.15) is 10.5 Å². The molecule has 1 aromatic carbocycles. The lowest BCUT2D eigenvalue weighted by Gasteiger charge is -2.08. The topological polar surface area (TPSA) is 28.7 Å². The van der Waals surface area contributed by atoms with E-state index in [1.807, 2.05) is 24.3 Å². The van der Waals surface area contributed by atoms with Gasteiger partial charge < -0.3 is 4.98 Å². The van der Waals surface area contributed by atoms with Crippen molar-refractivity contribution < 1.29 is 0 Å². The van der Waals surface area contributed by atoms with Gasteiger partial charge in [-0.25, -0.2) is 4.98 Å². The second-order valence-corrected chi connectivity index (χ2v) is 6.94. The molecule has 1 N–H and O–H groups in total. The van der Waals surface area contributed by atoms with Gasteiger partial charge in [0.25, 0.3) is 0 Å². The van der Waals surface area contributed by atoms with Crippen molar-refractivity contribution >= 4 is 51.5 Å². The average Bonchev–Trinajstić information content (AvgIpc) is 2.42. The van der Waals surface area contributed by atoms with E-state index in [0.29, 0.717) is 4.64 Å². The molecule has 0 unspecified atom stereocenters. The summed E-state index contributed by atoms with van der Waals surface area (Å²) in [6, 6.07) is 7.81. The number of hydrogen-bond acceptors (Lipinski definition) is 3. The molecule has 0 radical (unpaired) electrons. The maximum absolute atomic E-state index is 5.98. The number of hydrogen-bond donors (Lipinski definition) is 1. The fourth-order valence-electron chi connectivity index (χ4n) is 1.76. The molecule has 0 aliphatic carbocycles. The number of aromatic nitrogens is 2. The van der Waals surface area contributed by atoms with E-state index in [-0.39, 0.29) is 0 Å². The van der Waals surface area contributed by atoms with Crippen molar-refractivity contribution in [2.45, 2.75) is 30.4 Å². The summed E-state index contributed by atoms with van der Waals surface area (Å²) in [6.45, 7) is 2.14.